The Balaban J connectivity index is 1.37. The molecule has 0 spiro atoms. The molecule has 6 heteroatoms. The lowest BCUT2D eigenvalue weighted by molar-refractivity contribution is -0.127. The van der Waals surface area contributed by atoms with Gasteiger partial charge in [0, 0.05) is 25.4 Å². The third kappa shape index (κ3) is 4.68. The van der Waals surface area contributed by atoms with Crippen molar-refractivity contribution < 1.29 is 19.1 Å². The Labute approximate surface area is 154 Å². The highest BCUT2D eigenvalue weighted by Gasteiger charge is 2.28. The van der Waals surface area contributed by atoms with Crippen LogP contribution in [-0.2, 0) is 16.1 Å². The predicted octanol–water partition coefficient (Wildman–Crippen LogP) is 2.75. The van der Waals surface area contributed by atoms with E-state index in [1.807, 2.05) is 18.2 Å². The summed E-state index contributed by atoms with van der Waals surface area (Å²) in [6, 6.07) is 5.83. The zero-order valence-corrected chi connectivity index (χ0v) is 15.5. The number of hydrogen-bond acceptors (Lipinski definition) is 4. The van der Waals surface area contributed by atoms with Crippen LogP contribution in [0.3, 0.4) is 0 Å². The first kappa shape index (κ1) is 18.5. The molecule has 3 atom stereocenters. The second kappa shape index (κ2) is 8.43. The van der Waals surface area contributed by atoms with Gasteiger partial charge in [-0.2, -0.15) is 0 Å². The fourth-order valence-corrected chi connectivity index (χ4v) is 3.63. The molecule has 26 heavy (non-hydrogen) atoms. The number of carbonyl (C=O) groups excluding carboxylic acids is 2. The van der Waals surface area contributed by atoms with Gasteiger partial charge in [0.25, 0.3) is 0 Å². The molecule has 6 nitrogen and oxygen atoms in total. The van der Waals surface area contributed by atoms with E-state index in [0.29, 0.717) is 24.1 Å². The summed E-state index contributed by atoms with van der Waals surface area (Å²) >= 11 is 0. The zero-order valence-electron chi connectivity index (χ0n) is 15.5. The van der Waals surface area contributed by atoms with E-state index in [4.69, 9.17) is 9.47 Å². The number of fused-ring (bicyclic) bond motifs is 1. The molecule has 3 rings (SSSR count). The lowest BCUT2D eigenvalue weighted by Gasteiger charge is -2.34. The summed E-state index contributed by atoms with van der Waals surface area (Å²) in [7, 11) is 0. The van der Waals surface area contributed by atoms with Gasteiger partial charge in [-0.1, -0.05) is 32.8 Å². The van der Waals surface area contributed by atoms with Crippen LogP contribution in [0.2, 0.25) is 0 Å². The standard InChI is InChI=1S/C20H28N2O4/c1-13-4-3-5-16(14(13)2)22-20(24)9-8-19(23)21-11-15-6-7-17-18(10-15)26-12-25-17/h6-7,10,13-14,16H,3-5,8-9,11-12H2,1-2H3,(H,21,23)(H,22,24)/t13-,14-,16-/m1/s1. The molecule has 0 radical (unpaired) electrons. The molecule has 0 saturated heterocycles. The first-order valence-electron chi connectivity index (χ1n) is 9.47. The molecule has 1 heterocycles. The van der Waals surface area contributed by atoms with Gasteiger partial charge in [-0.3, -0.25) is 9.59 Å². The molecule has 2 amide bonds. The number of benzene rings is 1. The van der Waals surface area contributed by atoms with E-state index in [9.17, 15) is 9.59 Å². The first-order valence-corrected chi connectivity index (χ1v) is 9.47. The van der Waals surface area contributed by atoms with Gasteiger partial charge >= 0.3 is 0 Å². The molecule has 142 valence electrons. The van der Waals surface area contributed by atoms with E-state index >= 15 is 0 Å². The van der Waals surface area contributed by atoms with Crippen LogP contribution in [0.15, 0.2) is 18.2 Å². The van der Waals surface area contributed by atoms with E-state index in [0.717, 1.165) is 24.2 Å². The average molecular weight is 360 g/mol. The zero-order chi connectivity index (χ0) is 18.5. The molecule has 2 N–H and O–H groups in total. The second-order valence-corrected chi connectivity index (χ2v) is 7.41. The highest BCUT2D eigenvalue weighted by molar-refractivity contribution is 5.83. The number of nitrogens with one attached hydrogen (secondary N) is 2. The molecular weight excluding hydrogens is 332 g/mol. The minimum Gasteiger partial charge on any atom is -0.454 e. The Hall–Kier alpha value is -2.24. The molecule has 1 aromatic carbocycles. The number of hydrogen-bond donors (Lipinski definition) is 2. The van der Waals surface area contributed by atoms with E-state index in [1.165, 1.54) is 6.42 Å². The number of carbonyl (C=O) groups is 2. The maximum atomic E-state index is 12.1. The Bertz CT molecular complexity index is 661. The van der Waals surface area contributed by atoms with Crippen molar-refractivity contribution in [1.29, 1.82) is 0 Å². The summed E-state index contributed by atoms with van der Waals surface area (Å²) < 4.78 is 10.6. The van der Waals surface area contributed by atoms with Gasteiger partial charge in [0.2, 0.25) is 18.6 Å². The summed E-state index contributed by atoms with van der Waals surface area (Å²) in [5.41, 5.74) is 0.942. The maximum absolute atomic E-state index is 12.1. The van der Waals surface area contributed by atoms with Crippen molar-refractivity contribution in [2.24, 2.45) is 11.8 Å². The van der Waals surface area contributed by atoms with E-state index in [2.05, 4.69) is 24.5 Å². The molecule has 0 bridgehead atoms. The quantitative estimate of drug-likeness (QED) is 0.818. The molecule has 1 fully saturated rings. The van der Waals surface area contributed by atoms with Crippen molar-refractivity contribution in [3.8, 4) is 11.5 Å². The topological polar surface area (TPSA) is 76.7 Å². The fraction of sp³-hybridized carbons (Fsp3) is 0.600. The Morgan fingerprint density at radius 2 is 1.85 bits per heavy atom. The third-order valence-corrected chi connectivity index (χ3v) is 5.56. The normalized spacial score (nSPS) is 24.2. The van der Waals surface area contributed by atoms with Crippen molar-refractivity contribution in [1.82, 2.24) is 10.6 Å². The van der Waals surface area contributed by atoms with E-state index in [-0.39, 0.29) is 37.5 Å². The Morgan fingerprint density at radius 1 is 1.08 bits per heavy atom. The van der Waals surface area contributed by atoms with Crippen molar-refractivity contribution in [3.63, 3.8) is 0 Å². The van der Waals surface area contributed by atoms with Gasteiger partial charge in [0.05, 0.1) is 0 Å². The predicted molar refractivity (Wildman–Crippen MR) is 97.8 cm³/mol. The van der Waals surface area contributed by atoms with Gasteiger partial charge < -0.3 is 20.1 Å². The fourth-order valence-electron chi connectivity index (χ4n) is 3.63. The van der Waals surface area contributed by atoms with Crippen molar-refractivity contribution in [2.45, 2.75) is 58.5 Å². The monoisotopic (exact) mass is 360 g/mol. The van der Waals surface area contributed by atoms with Crippen molar-refractivity contribution in [3.05, 3.63) is 23.8 Å². The van der Waals surface area contributed by atoms with Crippen LogP contribution in [0.1, 0.15) is 51.5 Å². The second-order valence-electron chi connectivity index (χ2n) is 7.41. The molecule has 1 saturated carbocycles. The minimum atomic E-state index is -0.122. The van der Waals surface area contributed by atoms with Gasteiger partial charge in [-0.05, 0) is 36.0 Å². The smallest absolute Gasteiger partial charge is 0.231 e. The number of amides is 2. The van der Waals surface area contributed by atoms with E-state index < -0.39 is 0 Å². The van der Waals surface area contributed by atoms with Crippen molar-refractivity contribution in [2.75, 3.05) is 6.79 Å². The number of ether oxygens (including phenoxy) is 2. The van der Waals surface area contributed by atoms with Gasteiger partial charge in [-0.25, -0.2) is 0 Å². The Kier molecular flexibility index (Phi) is 6.01. The van der Waals surface area contributed by atoms with Crippen LogP contribution in [0.5, 0.6) is 11.5 Å². The van der Waals surface area contributed by atoms with E-state index in [1.54, 1.807) is 0 Å². The maximum Gasteiger partial charge on any atom is 0.231 e. The van der Waals surface area contributed by atoms with Crippen molar-refractivity contribution >= 4 is 11.8 Å². The van der Waals surface area contributed by atoms with Gasteiger partial charge in [0.1, 0.15) is 0 Å². The largest absolute Gasteiger partial charge is 0.454 e. The van der Waals surface area contributed by atoms with Crippen LogP contribution in [-0.4, -0.2) is 24.6 Å². The molecule has 2 aliphatic rings. The van der Waals surface area contributed by atoms with Crippen LogP contribution in [0.25, 0.3) is 0 Å². The third-order valence-electron chi connectivity index (χ3n) is 5.56. The highest BCUT2D eigenvalue weighted by Crippen LogP contribution is 2.32. The van der Waals surface area contributed by atoms with Crippen LogP contribution in [0.4, 0.5) is 0 Å². The lowest BCUT2D eigenvalue weighted by atomic mass is 9.78. The highest BCUT2D eigenvalue weighted by atomic mass is 16.7. The molecule has 0 aromatic heterocycles. The summed E-state index contributed by atoms with van der Waals surface area (Å²) in [6.07, 6.45) is 3.85. The van der Waals surface area contributed by atoms with Crippen LogP contribution >= 0.6 is 0 Å². The SMILES string of the molecule is C[C@@H]1[C@H](C)CCC[C@H]1NC(=O)CCC(=O)NCc1ccc2c(c1)OCO2. The summed E-state index contributed by atoms with van der Waals surface area (Å²) in [4.78, 5) is 24.2. The molecule has 1 aromatic rings. The molecule has 0 unspecified atom stereocenters. The average Bonchev–Trinajstić information content (AvgIpc) is 3.10. The molecule has 1 aliphatic carbocycles. The van der Waals surface area contributed by atoms with Crippen LogP contribution in [0, 0.1) is 11.8 Å². The first-order chi connectivity index (χ1) is 12.5. The summed E-state index contributed by atoms with van der Waals surface area (Å²) in [5, 5.41) is 5.96. The number of rotatable bonds is 6. The molecule has 1 aliphatic heterocycles. The van der Waals surface area contributed by atoms with Crippen LogP contribution < -0.4 is 20.1 Å². The summed E-state index contributed by atoms with van der Waals surface area (Å²) in [6.45, 7) is 5.09. The Morgan fingerprint density at radius 3 is 2.69 bits per heavy atom. The van der Waals surface area contributed by atoms with Gasteiger partial charge in [0.15, 0.2) is 11.5 Å². The molecular formula is C20H28N2O4. The summed E-state index contributed by atoms with van der Waals surface area (Å²) in [5.74, 6) is 2.40. The lowest BCUT2D eigenvalue weighted by Crippen LogP contribution is -2.43. The van der Waals surface area contributed by atoms with Gasteiger partial charge in [-0.15, -0.1) is 0 Å². The minimum absolute atomic E-state index is 0.0332.